The maximum Gasteiger partial charge on any atom is 0.222 e. The van der Waals surface area contributed by atoms with Crippen molar-refractivity contribution in [3.8, 4) is 10.4 Å². The maximum atomic E-state index is 12.0. The smallest absolute Gasteiger partial charge is 0.222 e. The summed E-state index contributed by atoms with van der Waals surface area (Å²) in [5, 5.41) is 13.2. The zero-order valence-corrected chi connectivity index (χ0v) is 19.2. The van der Waals surface area contributed by atoms with Crippen LogP contribution in [0.4, 0.5) is 0 Å². The number of aliphatic hydroxyl groups excluding tert-OH is 1. The van der Waals surface area contributed by atoms with Gasteiger partial charge >= 0.3 is 0 Å². The van der Waals surface area contributed by atoms with E-state index in [1.165, 1.54) is 27.1 Å². The van der Waals surface area contributed by atoms with Gasteiger partial charge in [0.05, 0.1) is 23.6 Å². The summed E-state index contributed by atoms with van der Waals surface area (Å²) in [5.41, 5.74) is 4.88. The van der Waals surface area contributed by atoms with Gasteiger partial charge in [0.2, 0.25) is 5.91 Å². The van der Waals surface area contributed by atoms with E-state index in [1.54, 1.807) is 11.3 Å². The lowest BCUT2D eigenvalue weighted by atomic mass is 9.96. The van der Waals surface area contributed by atoms with Crippen molar-refractivity contribution in [1.82, 2.24) is 10.3 Å². The summed E-state index contributed by atoms with van der Waals surface area (Å²) in [7, 11) is 0. The number of aromatic nitrogens is 1. The van der Waals surface area contributed by atoms with Crippen molar-refractivity contribution < 1.29 is 14.6 Å². The van der Waals surface area contributed by atoms with E-state index in [2.05, 4.69) is 42.6 Å². The van der Waals surface area contributed by atoms with Gasteiger partial charge in [0, 0.05) is 18.5 Å². The molecule has 2 aliphatic rings. The SMILES string of the molecule is CC1=C[C@H](c2ncc(-c3cccc4c3CC[C@H]4NC(=O)CCO)s2)CC=C1OC(C)C. The Bertz CT molecular complexity index is 1020. The number of hydrogen-bond acceptors (Lipinski definition) is 5. The fourth-order valence-electron chi connectivity index (χ4n) is 4.40. The Morgan fingerprint density at radius 3 is 2.97 bits per heavy atom. The fourth-order valence-corrected chi connectivity index (χ4v) is 5.45. The molecule has 2 N–H and O–H groups in total. The lowest BCUT2D eigenvalue weighted by molar-refractivity contribution is -0.122. The molecular formula is C25H30N2O3S. The molecule has 0 aliphatic heterocycles. The van der Waals surface area contributed by atoms with Gasteiger partial charge in [-0.15, -0.1) is 11.3 Å². The Morgan fingerprint density at radius 2 is 2.23 bits per heavy atom. The Labute approximate surface area is 187 Å². The lowest BCUT2D eigenvalue weighted by Gasteiger charge is -2.21. The Morgan fingerprint density at radius 1 is 1.39 bits per heavy atom. The number of carbonyl (C=O) groups excluding carboxylic acids is 1. The number of thiazole rings is 1. The second kappa shape index (κ2) is 9.37. The van der Waals surface area contributed by atoms with Crippen molar-refractivity contribution in [2.75, 3.05) is 6.61 Å². The summed E-state index contributed by atoms with van der Waals surface area (Å²) in [5.74, 6) is 1.16. The third-order valence-electron chi connectivity index (χ3n) is 5.81. The van der Waals surface area contributed by atoms with Gasteiger partial charge in [-0.25, -0.2) is 4.98 Å². The zero-order chi connectivity index (χ0) is 22.0. The zero-order valence-electron chi connectivity index (χ0n) is 18.4. The van der Waals surface area contributed by atoms with Crippen LogP contribution in [0.1, 0.15) is 68.1 Å². The van der Waals surface area contributed by atoms with Crippen LogP contribution in [0.5, 0.6) is 0 Å². The number of nitrogens with one attached hydrogen (secondary N) is 1. The molecule has 0 unspecified atom stereocenters. The monoisotopic (exact) mass is 438 g/mol. The Hall–Kier alpha value is -2.44. The van der Waals surface area contributed by atoms with E-state index in [0.717, 1.165) is 30.0 Å². The van der Waals surface area contributed by atoms with Gasteiger partial charge in [-0.05, 0) is 68.4 Å². The van der Waals surface area contributed by atoms with Gasteiger partial charge in [-0.3, -0.25) is 4.79 Å². The maximum absolute atomic E-state index is 12.0. The van der Waals surface area contributed by atoms with Crippen molar-refractivity contribution >= 4 is 17.2 Å². The van der Waals surface area contributed by atoms with Crippen LogP contribution in [-0.4, -0.2) is 28.7 Å². The van der Waals surface area contributed by atoms with Crippen molar-refractivity contribution in [2.45, 2.75) is 64.5 Å². The van der Waals surface area contributed by atoms with Crippen LogP contribution in [0.3, 0.4) is 0 Å². The quantitative estimate of drug-likeness (QED) is 0.635. The number of hydrogen-bond donors (Lipinski definition) is 2. The molecule has 0 bridgehead atoms. The predicted molar refractivity (Wildman–Crippen MR) is 124 cm³/mol. The van der Waals surface area contributed by atoms with Crippen LogP contribution in [0.15, 0.2) is 47.9 Å². The van der Waals surface area contributed by atoms with Gasteiger partial charge in [-0.1, -0.05) is 24.3 Å². The Kier molecular flexibility index (Phi) is 6.58. The van der Waals surface area contributed by atoms with Crippen LogP contribution in [0.25, 0.3) is 10.4 Å². The fraction of sp³-hybridized carbons (Fsp3) is 0.440. The summed E-state index contributed by atoms with van der Waals surface area (Å²) in [4.78, 5) is 17.9. The number of nitrogens with zero attached hydrogens (tertiary/aromatic N) is 1. The van der Waals surface area contributed by atoms with Crippen molar-refractivity contribution in [3.05, 3.63) is 64.0 Å². The molecule has 1 amide bonds. The van der Waals surface area contributed by atoms with Crippen LogP contribution >= 0.6 is 11.3 Å². The molecule has 0 saturated carbocycles. The molecule has 0 spiro atoms. The number of amides is 1. The van der Waals surface area contributed by atoms with Gasteiger partial charge in [0.25, 0.3) is 0 Å². The highest BCUT2D eigenvalue weighted by Gasteiger charge is 2.27. The summed E-state index contributed by atoms with van der Waals surface area (Å²) in [6.45, 7) is 6.08. The minimum atomic E-state index is -0.121. The van der Waals surface area contributed by atoms with E-state index < -0.39 is 0 Å². The summed E-state index contributed by atoms with van der Waals surface area (Å²) in [6, 6.07) is 6.35. The normalized spacial score (nSPS) is 20.3. The number of ether oxygens (including phenoxy) is 1. The highest BCUT2D eigenvalue weighted by Crippen LogP contribution is 2.41. The summed E-state index contributed by atoms with van der Waals surface area (Å²) in [6.07, 6.45) is 9.49. The lowest BCUT2D eigenvalue weighted by Crippen LogP contribution is -2.27. The molecule has 0 saturated heterocycles. The van der Waals surface area contributed by atoms with Gasteiger partial charge < -0.3 is 15.2 Å². The van der Waals surface area contributed by atoms with E-state index in [0.29, 0.717) is 0 Å². The minimum absolute atomic E-state index is 0.0230. The molecule has 4 rings (SSSR count). The van der Waals surface area contributed by atoms with Crippen LogP contribution in [0, 0.1) is 0 Å². The molecule has 5 nitrogen and oxygen atoms in total. The van der Waals surface area contributed by atoms with Gasteiger partial charge in [0.1, 0.15) is 10.8 Å². The summed E-state index contributed by atoms with van der Waals surface area (Å²) < 4.78 is 5.90. The van der Waals surface area contributed by atoms with Crippen LogP contribution in [0.2, 0.25) is 0 Å². The van der Waals surface area contributed by atoms with Crippen LogP contribution < -0.4 is 5.32 Å². The first-order valence-corrected chi connectivity index (χ1v) is 11.8. The van der Waals surface area contributed by atoms with Gasteiger partial charge in [0.15, 0.2) is 0 Å². The first-order chi connectivity index (χ1) is 15.0. The van der Waals surface area contributed by atoms with E-state index in [1.807, 2.05) is 20.0 Å². The van der Waals surface area contributed by atoms with E-state index in [4.69, 9.17) is 14.8 Å². The standard InChI is InChI=1S/C25H30N2O3S/c1-15(2)30-22-10-7-17(13-16(22)3)25-26-14-23(31-25)20-6-4-5-19-18(20)8-9-21(19)27-24(29)11-12-28/h4-6,10,13-15,17,21,28H,7-9,11-12H2,1-3H3,(H,27,29)/t17-,21-/m1/s1. The molecular weight excluding hydrogens is 408 g/mol. The number of benzene rings is 1. The molecule has 1 aromatic carbocycles. The first-order valence-electron chi connectivity index (χ1n) is 11.0. The average Bonchev–Trinajstić information content (AvgIpc) is 3.37. The number of rotatable bonds is 7. The molecule has 0 radical (unpaired) electrons. The topological polar surface area (TPSA) is 71.5 Å². The first kappa shape index (κ1) is 21.8. The highest BCUT2D eigenvalue weighted by molar-refractivity contribution is 7.15. The molecule has 1 heterocycles. The highest BCUT2D eigenvalue weighted by atomic mass is 32.1. The minimum Gasteiger partial charge on any atom is -0.491 e. The largest absolute Gasteiger partial charge is 0.491 e. The number of fused-ring (bicyclic) bond motifs is 1. The molecule has 0 fully saturated rings. The van der Waals surface area contributed by atoms with Crippen molar-refractivity contribution in [2.24, 2.45) is 0 Å². The second-order valence-electron chi connectivity index (χ2n) is 8.50. The van der Waals surface area contributed by atoms with Crippen molar-refractivity contribution in [3.63, 3.8) is 0 Å². The summed E-state index contributed by atoms with van der Waals surface area (Å²) >= 11 is 1.75. The van der Waals surface area contributed by atoms with E-state index >= 15 is 0 Å². The molecule has 164 valence electrons. The molecule has 2 aliphatic carbocycles. The number of aliphatic hydroxyl groups is 1. The number of carbonyl (C=O) groups is 1. The van der Waals surface area contributed by atoms with Crippen molar-refractivity contribution in [1.29, 1.82) is 0 Å². The molecule has 2 aromatic rings. The third-order valence-corrected chi connectivity index (χ3v) is 6.97. The van der Waals surface area contributed by atoms with Gasteiger partial charge in [-0.2, -0.15) is 0 Å². The average molecular weight is 439 g/mol. The predicted octanol–water partition coefficient (Wildman–Crippen LogP) is 5.04. The molecule has 2 atom stereocenters. The van der Waals surface area contributed by atoms with Crippen LogP contribution in [-0.2, 0) is 16.0 Å². The Balaban J connectivity index is 1.53. The third kappa shape index (κ3) is 4.75. The molecule has 6 heteroatoms. The second-order valence-corrected chi connectivity index (χ2v) is 9.56. The van der Waals surface area contributed by atoms with E-state index in [9.17, 15) is 4.79 Å². The molecule has 31 heavy (non-hydrogen) atoms. The van der Waals surface area contributed by atoms with E-state index in [-0.39, 0.29) is 37.0 Å². The molecule has 1 aromatic heterocycles. The number of allylic oxidation sites excluding steroid dienone is 3.